The van der Waals surface area contributed by atoms with Crippen molar-refractivity contribution in [2.75, 3.05) is 31.2 Å². The van der Waals surface area contributed by atoms with E-state index >= 15 is 0 Å². The number of nitrogens with zero attached hydrogens (tertiary/aromatic N) is 3. The van der Waals surface area contributed by atoms with E-state index in [0.717, 1.165) is 6.07 Å². The van der Waals surface area contributed by atoms with Gasteiger partial charge in [0.2, 0.25) is 11.7 Å². The van der Waals surface area contributed by atoms with Crippen LogP contribution in [0.15, 0.2) is 24.4 Å². The average Bonchev–Trinajstić information content (AvgIpc) is 2.72. The van der Waals surface area contributed by atoms with Gasteiger partial charge in [0.1, 0.15) is 17.4 Å². The lowest BCUT2D eigenvalue weighted by Crippen LogP contribution is -2.46. The summed E-state index contributed by atoms with van der Waals surface area (Å²) in [5.74, 6) is -0.935. The molecule has 172 valence electrons. The van der Waals surface area contributed by atoms with Gasteiger partial charge in [-0.15, -0.1) is 0 Å². The molecule has 1 aliphatic heterocycles. The van der Waals surface area contributed by atoms with Gasteiger partial charge < -0.3 is 30.5 Å². The van der Waals surface area contributed by atoms with E-state index in [1.54, 1.807) is 5.09 Å². The third-order valence-corrected chi connectivity index (χ3v) is 5.31. The topological polar surface area (TPSA) is 180 Å². The number of hydrogen-bond donors (Lipinski definition) is 5. The number of hydrogen-bond acceptors (Lipinski definition) is 8. The SMILES string of the molecule is COc1ccc(F)cc1C(=O)c1cnc(NC2CCN(C(=O)NP(=O)(O)O)CC2)nc1N. The van der Waals surface area contributed by atoms with Gasteiger partial charge >= 0.3 is 13.8 Å². The molecule has 0 aliphatic carbocycles. The Kier molecular flexibility index (Phi) is 6.92. The maximum absolute atomic E-state index is 13.6. The molecule has 32 heavy (non-hydrogen) atoms. The summed E-state index contributed by atoms with van der Waals surface area (Å²) in [7, 11) is -3.30. The van der Waals surface area contributed by atoms with Crippen LogP contribution >= 0.6 is 7.75 Å². The second-order valence-corrected chi connectivity index (χ2v) is 8.34. The summed E-state index contributed by atoms with van der Waals surface area (Å²) < 4.78 is 29.6. The first kappa shape index (κ1) is 23.4. The van der Waals surface area contributed by atoms with Crippen LogP contribution in [-0.4, -0.2) is 62.7 Å². The molecule has 0 atom stereocenters. The summed E-state index contributed by atoms with van der Waals surface area (Å²) in [4.78, 5) is 51.7. The number of piperidine rings is 1. The second kappa shape index (κ2) is 9.47. The van der Waals surface area contributed by atoms with Gasteiger partial charge in [-0.3, -0.25) is 4.79 Å². The Bertz CT molecular complexity index is 1070. The largest absolute Gasteiger partial charge is 0.496 e. The minimum absolute atomic E-state index is 0.00976. The first-order valence-electron chi connectivity index (χ1n) is 9.47. The molecule has 14 heteroatoms. The van der Waals surface area contributed by atoms with Crippen molar-refractivity contribution in [3.8, 4) is 5.75 Å². The molecule has 0 spiro atoms. The van der Waals surface area contributed by atoms with E-state index in [4.69, 9.17) is 20.3 Å². The monoisotopic (exact) mass is 468 g/mol. The number of ether oxygens (including phenoxy) is 1. The zero-order valence-electron chi connectivity index (χ0n) is 17.0. The number of nitrogens with two attached hydrogens (primary N) is 1. The lowest BCUT2D eigenvalue weighted by atomic mass is 10.0. The van der Waals surface area contributed by atoms with E-state index in [2.05, 4.69) is 15.3 Å². The first-order chi connectivity index (χ1) is 15.1. The second-order valence-electron chi connectivity index (χ2n) is 7.03. The molecule has 2 amide bonds. The van der Waals surface area contributed by atoms with Gasteiger partial charge in [-0.25, -0.2) is 23.8 Å². The lowest BCUT2D eigenvalue weighted by molar-refractivity contribution is 0.103. The Morgan fingerprint density at radius 1 is 1.28 bits per heavy atom. The van der Waals surface area contributed by atoms with Crippen molar-refractivity contribution in [1.82, 2.24) is 20.0 Å². The summed E-state index contributed by atoms with van der Waals surface area (Å²) >= 11 is 0. The predicted octanol–water partition coefficient (Wildman–Crippen LogP) is 1.12. The number of halogens is 1. The Labute approximate surface area is 182 Å². The van der Waals surface area contributed by atoms with Crippen molar-refractivity contribution in [3.63, 3.8) is 0 Å². The number of aromatic nitrogens is 2. The number of benzene rings is 1. The van der Waals surface area contributed by atoms with Crippen molar-refractivity contribution >= 4 is 31.3 Å². The van der Waals surface area contributed by atoms with Crippen molar-refractivity contribution in [2.24, 2.45) is 0 Å². The standard InChI is InChI=1S/C18H22FN6O6P/c1-31-14-3-2-10(19)8-12(14)15(26)13-9-21-17(23-16(13)20)22-11-4-6-25(7-5-11)18(27)24-32(28,29)30/h2-3,8-9,11H,4-7H2,1H3,(H3,20,21,22,23)(H3,24,27,28,29,30). The molecular weight excluding hydrogens is 446 g/mol. The molecule has 12 nitrogen and oxygen atoms in total. The van der Waals surface area contributed by atoms with Crippen LogP contribution in [0.2, 0.25) is 0 Å². The van der Waals surface area contributed by atoms with E-state index in [0.29, 0.717) is 12.8 Å². The first-order valence-corrected chi connectivity index (χ1v) is 11.1. The highest BCUT2D eigenvalue weighted by Crippen LogP contribution is 2.29. The highest BCUT2D eigenvalue weighted by atomic mass is 31.2. The van der Waals surface area contributed by atoms with Gasteiger partial charge in [0, 0.05) is 25.3 Å². The quantitative estimate of drug-likeness (QED) is 0.304. The van der Waals surface area contributed by atoms with Gasteiger partial charge in [0.15, 0.2) is 0 Å². The molecular formula is C18H22FN6O6P. The fourth-order valence-electron chi connectivity index (χ4n) is 3.25. The Balaban J connectivity index is 1.64. The Hall–Kier alpha value is -3.28. The zero-order chi connectivity index (χ0) is 23.5. The molecule has 2 heterocycles. The molecule has 0 radical (unpaired) electrons. The number of carbonyl (C=O) groups is 2. The summed E-state index contributed by atoms with van der Waals surface area (Å²) in [6, 6.07) is 2.58. The number of nitrogen functional groups attached to an aromatic ring is 1. The minimum atomic E-state index is -4.65. The minimum Gasteiger partial charge on any atom is -0.496 e. The number of nitrogens with one attached hydrogen (secondary N) is 2. The van der Waals surface area contributed by atoms with Gasteiger partial charge in [-0.2, -0.15) is 4.98 Å². The van der Waals surface area contributed by atoms with E-state index in [1.807, 2.05) is 0 Å². The molecule has 0 unspecified atom stereocenters. The van der Waals surface area contributed by atoms with Crippen LogP contribution in [-0.2, 0) is 4.57 Å². The number of urea groups is 1. The summed E-state index contributed by atoms with van der Waals surface area (Å²) in [6.45, 7) is 0.518. The third-order valence-electron chi connectivity index (χ3n) is 4.83. The van der Waals surface area contributed by atoms with E-state index in [9.17, 15) is 18.5 Å². The molecule has 1 saturated heterocycles. The van der Waals surface area contributed by atoms with Crippen LogP contribution in [0.1, 0.15) is 28.8 Å². The normalized spacial score (nSPS) is 14.7. The molecule has 1 fully saturated rings. The van der Waals surface area contributed by atoms with E-state index in [-0.39, 0.29) is 47.8 Å². The number of likely N-dealkylation sites (tertiary alicyclic amines) is 1. The molecule has 2 aromatic rings. The molecule has 1 aliphatic rings. The molecule has 6 N–H and O–H groups in total. The maximum atomic E-state index is 13.6. The lowest BCUT2D eigenvalue weighted by Gasteiger charge is -2.32. The predicted molar refractivity (Wildman–Crippen MR) is 112 cm³/mol. The van der Waals surface area contributed by atoms with Crippen molar-refractivity contribution in [3.05, 3.63) is 41.3 Å². The van der Waals surface area contributed by atoms with Crippen LogP contribution < -0.4 is 20.9 Å². The summed E-state index contributed by atoms with van der Waals surface area (Å²) in [5, 5.41) is 4.69. The highest BCUT2D eigenvalue weighted by molar-refractivity contribution is 7.50. The van der Waals surface area contributed by atoms with Gasteiger partial charge in [0.05, 0.1) is 18.2 Å². The Morgan fingerprint density at radius 2 is 1.97 bits per heavy atom. The Morgan fingerprint density at radius 3 is 2.56 bits per heavy atom. The number of methoxy groups -OCH3 is 1. The van der Waals surface area contributed by atoms with Crippen LogP contribution in [0.25, 0.3) is 0 Å². The number of ketones is 1. The van der Waals surface area contributed by atoms with Gasteiger partial charge in [-0.1, -0.05) is 0 Å². The number of carbonyl (C=O) groups excluding carboxylic acids is 2. The molecule has 0 bridgehead atoms. The fraction of sp³-hybridized carbons (Fsp3) is 0.333. The van der Waals surface area contributed by atoms with Gasteiger partial charge in [0.25, 0.3) is 0 Å². The molecule has 0 saturated carbocycles. The zero-order valence-corrected chi connectivity index (χ0v) is 17.9. The van der Waals surface area contributed by atoms with Crippen molar-refractivity contribution < 1.29 is 33.1 Å². The van der Waals surface area contributed by atoms with Gasteiger partial charge in [-0.05, 0) is 31.0 Å². The smallest absolute Gasteiger partial charge is 0.431 e. The van der Waals surface area contributed by atoms with Crippen LogP contribution in [0.3, 0.4) is 0 Å². The summed E-state index contributed by atoms with van der Waals surface area (Å²) in [5.41, 5.74) is 5.91. The van der Waals surface area contributed by atoms with Crippen molar-refractivity contribution in [2.45, 2.75) is 18.9 Å². The van der Waals surface area contributed by atoms with Crippen LogP contribution in [0.4, 0.5) is 21.0 Å². The van der Waals surface area contributed by atoms with E-state index in [1.165, 1.54) is 30.3 Å². The number of rotatable bonds is 6. The van der Waals surface area contributed by atoms with E-state index < -0.39 is 25.4 Å². The summed E-state index contributed by atoms with van der Waals surface area (Å²) in [6.07, 6.45) is 2.18. The molecule has 1 aromatic carbocycles. The van der Waals surface area contributed by atoms with Crippen LogP contribution in [0.5, 0.6) is 5.75 Å². The van der Waals surface area contributed by atoms with Crippen LogP contribution in [0, 0.1) is 5.82 Å². The third kappa shape index (κ3) is 5.69. The van der Waals surface area contributed by atoms with Crippen molar-refractivity contribution in [1.29, 1.82) is 0 Å². The molecule has 3 rings (SSSR count). The average molecular weight is 468 g/mol. The number of anilines is 2. The maximum Gasteiger partial charge on any atom is 0.431 e. The fourth-order valence-corrected chi connectivity index (χ4v) is 3.64. The highest BCUT2D eigenvalue weighted by Gasteiger charge is 2.27. The molecule has 1 aromatic heterocycles. The number of amides is 2.